The van der Waals surface area contributed by atoms with Crippen LogP contribution in [0.1, 0.15) is 29.5 Å². The lowest BCUT2D eigenvalue weighted by Gasteiger charge is -2.14. The van der Waals surface area contributed by atoms with Gasteiger partial charge in [0.1, 0.15) is 0 Å². The number of carbonyl (C=O) groups is 1. The molecule has 0 unspecified atom stereocenters. The molecule has 1 aromatic heterocycles. The summed E-state index contributed by atoms with van der Waals surface area (Å²) in [7, 11) is 0. The molecule has 3 aromatic rings. The number of alkyl halides is 3. The van der Waals surface area contributed by atoms with E-state index in [1.165, 1.54) is 28.6 Å². The van der Waals surface area contributed by atoms with E-state index in [9.17, 15) is 18.0 Å². The highest BCUT2D eigenvalue weighted by atomic mass is 35.5. The Morgan fingerprint density at radius 1 is 1.25 bits per heavy atom. The lowest BCUT2D eigenvalue weighted by Crippen LogP contribution is -2.20. The molecule has 0 atom stereocenters. The van der Waals surface area contributed by atoms with E-state index in [1.54, 1.807) is 18.3 Å². The summed E-state index contributed by atoms with van der Waals surface area (Å²) in [6.45, 7) is -0.0464. The molecular weight excluding hydrogens is 461 g/mol. The normalized spacial score (nSPS) is 19.3. The van der Waals surface area contributed by atoms with E-state index in [1.807, 2.05) is 12.1 Å². The maximum absolute atomic E-state index is 13.4. The Labute approximate surface area is 190 Å². The number of aliphatic imine (C=N–C) groups is 1. The first-order valence-electron chi connectivity index (χ1n) is 9.86. The average Bonchev–Trinajstić information content (AvgIpc) is 3.36. The topological polar surface area (TPSA) is 59.3 Å². The van der Waals surface area contributed by atoms with E-state index in [2.05, 4.69) is 15.4 Å². The lowest BCUT2D eigenvalue weighted by molar-refractivity contribution is -0.138. The molecule has 1 amide bonds. The summed E-state index contributed by atoms with van der Waals surface area (Å²) in [4.78, 5) is 17.2. The summed E-state index contributed by atoms with van der Waals surface area (Å²) < 4.78 is 41.8. The average molecular weight is 477 g/mol. The Balaban J connectivity index is 1.41. The molecule has 0 spiro atoms. The Morgan fingerprint density at radius 3 is 2.81 bits per heavy atom. The molecule has 1 N–H and O–H groups in total. The molecule has 2 aromatic carbocycles. The zero-order valence-electron chi connectivity index (χ0n) is 16.5. The molecule has 1 aliphatic heterocycles. The van der Waals surface area contributed by atoms with Crippen molar-refractivity contribution in [1.82, 2.24) is 15.1 Å². The third-order valence-corrected chi connectivity index (χ3v) is 6.32. The number of nitrogens with zero attached hydrogens (tertiary/aromatic N) is 3. The lowest BCUT2D eigenvalue weighted by atomic mass is 10.1. The zero-order chi connectivity index (χ0) is 22.5. The van der Waals surface area contributed by atoms with Crippen LogP contribution in [0.4, 0.5) is 13.2 Å². The first-order valence-corrected chi connectivity index (χ1v) is 11.1. The van der Waals surface area contributed by atoms with E-state index in [0.717, 1.165) is 29.9 Å². The summed E-state index contributed by atoms with van der Waals surface area (Å²) in [5, 5.41) is 8.46. The number of aromatic nitrogens is 2. The van der Waals surface area contributed by atoms with E-state index in [0.29, 0.717) is 21.6 Å². The van der Waals surface area contributed by atoms with Crippen molar-refractivity contribution in [2.75, 3.05) is 0 Å². The van der Waals surface area contributed by atoms with Gasteiger partial charge in [-0.25, -0.2) is 0 Å². The largest absolute Gasteiger partial charge is 0.416 e. The molecule has 2 heterocycles. The van der Waals surface area contributed by atoms with Crippen molar-refractivity contribution >= 4 is 51.4 Å². The van der Waals surface area contributed by atoms with Crippen molar-refractivity contribution in [3.63, 3.8) is 0 Å². The van der Waals surface area contributed by atoms with Crippen LogP contribution >= 0.6 is 23.4 Å². The number of amides is 1. The Bertz CT molecular complexity index is 1290. The summed E-state index contributed by atoms with van der Waals surface area (Å²) in [5.41, 5.74) is 0.794. The fourth-order valence-corrected chi connectivity index (χ4v) is 4.51. The van der Waals surface area contributed by atoms with E-state index in [-0.39, 0.29) is 23.0 Å². The number of benzene rings is 2. The Hall–Kier alpha value is -2.78. The number of amidine groups is 1. The van der Waals surface area contributed by atoms with Gasteiger partial charge in [-0.2, -0.15) is 18.3 Å². The number of carbonyl (C=O) groups excluding carboxylic acids is 1. The molecule has 1 saturated heterocycles. The van der Waals surface area contributed by atoms with Crippen molar-refractivity contribution in [3.8, 4) is 0 Å². The molecule has 2 aliphatic rings. The number of halogens is 4. The molecule has 164 valence electrons. The van der Waals surface area contributed by atoms with Crippen molar-refractivity contribution in [2.24, 2.45) is 4.99 Å². The monoisotopic (exact) mass is 476 g/mol. The second-order valence-corrected chi connectivity index (χ2v) is 9.12. The van der Waals surface area contributed by atoms with Gasteiger partial charge in [0, 0.05) is 10.4 Å². The first kappa shape index (κ1) is 21.1. The van der Waals surface area contributed by atoms with Gasteiger partial charge in [-0.1, -0.05) is 23.7 Å². The molecule has 2 fully saturated rings. The van der Waals surface area contributed by atoms with Crippen LogP contribution in [0.3, 0.4) is 0 Å². The van der Waals surface area contributed by atoms with Crippen molar-refractivity contribution in [3.05, 3.63) is 69.2 Å². The van der Waals surface area contributed by atoms with Gasteiger partial charge in [-0.3, -0.25) is 14.5 Å². The van der Waals surface area contributed by atoms with Crippen LogP contribution in [-0.2, 0) is 17.5 Å². The summed E-state index contributed by atoms with van der Waals surface area (Å²) >= 11 is 7.08. The second-order valence-electron chi connectivity index (χ2n) is 7.65. The second kappa shape index (κ2) is 7.97. The minimum atomic E-state index is -4.51. The van der Waals surface area contributed by atoms with Gasteiger partial charge in [-0.15, -0.1) is 0 Å². The molecule has 0 radical (unpaired) electrons. The third-order valence-electron chi connectivity index (χ3n) is 5.16. The number of fused-ring (bicyclic) bond motifs is 1. The molecule has 1 saturated carbocycles. The van der Waals surface area contributed by atoms with Crippen LogP contribution in [0.5, 0.6) is 0 Å². The van der Waals surface area contributed by atoms with E-state index >= 15 is 0 Å². The van der Waals surface area contributed by atoms with Gasteiger partial charge >= 0.3 is 6.18 Å². The maximum atomic E-state index is 13.4. The van der Waals surface area contributed by atoms with Gasteiger partial charge in [0.05, 0.1) is 34.8 Å². The standard InChI is InChI=1S/C22H16ClF3N4OS/c23-15-3-2-13(17(9-15)22(24,25)26)11-30-18-6-1-12(7-14(18)10-27-30)8-19-20(31)29-21(32-19)28-16-4-5-16/h1-3,6-10,16H,4-5,11H2,(H,28,29,31). The predicted molar refractivity (Wildman–Crippen MR) is 119 cm³/mol. The van der Waals surface area contributed by atoms with E-state index in [4.69, 9.17) is 11.6 Å². The van der Waals surface area contributed by atoms with Crippen LogP contribution in [-0.4, -0.2) is 26.9 Å². The number of nitrogens with one attached hydrogen (secondary N) is 1. The molecule has 5 rings (SSSR count). The Morgan fingerprint density at radius 2 is 2.06 bits per heavy atom. The van der Waals surface area contributed by atoms with Crippen LogP contribution < -0.4 is 5.32 Å². The minimum absolute atomic E-state index is 0.0308. The highest BCUT2D eigenvalue weighted by Crippen LogP contribution is 2.35. The van der Waals surface area contributed by atoms with E-state index < -0.39 is 11.7 Å². The highest BCUT2D eigenvalue weighted by Gasteiger charge is 2.33. The van der Waals surface area contributed by atoms with Crippen LogP contribution in [0.2, 0.25) is 5.02 Å². The highest BCUT2D eigenvalue weighted by molar-refractivity contribution is 8.18. The zero-order valence-corrected chi connectivity index (χ0v) is 18.1. The summed E-state index contributed by atoms with van der Waals surface area (Å²) in [5.74, 6) is -0.187. The number of hydrogen-bond donors (Lipinski definition) is 1. The fourth-order valence-electron chi connectivity index (χ4n) is 3.44. The molecule has 5 nitrogen and oxygen atoms in total. The quantitative estimate of drug-likeness (QED) is 0.507. The number of hydrogen-bond acceptors (Lipinski definition) is 4. The van der Waals surface area contributed by atoms with Gasteiger partial charge in [0.25, 0.3) is 5.91 Å². The van der Waals surface area contributed by atoms with Crippen LogP contribution in [0.15, 0.2) is 52.5 Å². The SMILES string of the molecule is O=C1NC(=NC2CC2)SC1=Cc1ccc2c(cnn2Cc2ccc(Cl)cc2C(F)(F)F)c1. The molecule has 10 heteroatoms. The molecular formula is C22H16ClF3N4OS. The molecule has 1 aliphatic carbocycles. The summed E-state index contributed by atoms with van der Waals surface area (Å²) in [6.07, 6.45) is 0.972. The Kier molecular flexibility index (Phi) is 5.25. The van der Waals surface area contributed by atoms with Gasteiger partial charge < -0.3 is 5.32 Å². The van der Waals surface area contributed by atoms with Gasteiger partial charge in [0.15, 0.2) is 5.17 Å². The first-order chi connectivity index (χ1) is 15.3. The van der Waals surface area contributed by atoms with Gasteiger partial charge in [0.2, 0.25) is 0 Å². The smallest absolute Gasteiger partial charge is 0.301 e. The molecule has 32 heavy (non-hydrogen) atoms. The van der Waals surface area contributed by atoms with Crippen molar-refractivity contribution < 1.29 is 18.0 Å². The predicted octanol–water partition coefficient (Wildman–Crippen LogP) is 5.48. The minimum Gasteiger partial charge on any atom is -0.301 e. The summed E-state index contributed by atoms with van der Waals surface area (Å²) in [6, 6.07) is 9.50. The van der Waals surface area contributed by atoms with Crippen LogP contribution in [0, 0.1) is 0 Å². The fraction of sp³-hybridized carbons (Fsp3) is 0.227. The van der Waals surface area contributed by atoms with Gasteiger partial charge in [-0.05, 0) is 66.1 Å². The number of thioether (sulfide) groups is 1. The molecule has 0 bridgehead atoms. The van der Waals surface area contributed by atoms with Crippen molar-refractivity contribution in [1.29, 1.82) is 0 Å². The van der Waals surface area contributed by atoms with Crippen molar-refractivity contribution in [2.45, 2.75) is 31.6 Å². The van der Waals surface area contributed by atoms with Crippen LogP contribution in [0.25, 0.3) is 17.0 Å². The maximum Gasteiger partial charge on any atom is 0.416 e. The third kappa shape index (κ3) is 4.40. The number of rotatable bonds is 4.